The second kappa shape index (κ2) is 16.4. The van der Waals surface area contributed by atoms with Gasteiger partial charge in [-0.25, -0.2) is 0 Å². The molecule has 0 aliphatic carbocycles. The molecule has 0 fully saturated rings. The van der Waals surface area contributed by atoms with Crippen LogP contribution in [-0.4, -0.2) is 26.4 Å². The van der Waals surface area contributed by atoms with Gasteiger partial charge < -0.3 is 15.2 Å². The zero-order valence-electron chi connectivity index (χ0n) is 16.3. The van der Waals surface area contributed by atoms with Crippen LogP contribution in [0.4, 0.5) is 0 Å². The maximum atomic E-state index is 5.73. The monoisotopic (exact) mass is 349 g/mol. The van der Waals surface area contributed by atoms with Gasteiger partial charge in [-0.15, -0.1) is 0 Å². The van der Waals surface area contributed by atoms with E-state index in [1.165, 1.54) is 69.8 Å². The van der Waals surface area contributed by atoms with Gasteiger partial charge in [0.2, 0.25) is 0 Å². The van der Waals surface area contributed by atoms with Crippen molar-refractivity contribution >= 4 is 0 Å². The van der Waals surface area contributed by atoms with Crippen LogP contribution >= 0.6 is 0 Å². The molecule has 0 spiro atoms. The molecule has 1 aromatic rings. The Labute approximate surface area is 155 Å². The minimum atomic E-state index is 0.564. The molecule has 0 radical (unpaired) electrons. The van der Waals surface area contributed by atoms with Crippen molar-refractivity contribution in [3.8, 4) is 5.75 Å². The van der Waals surface area contributed by atoms with Gasteiger partial charge in [-0.05, 0) is 30.5 Å². The van der Waals surface area contributed by atoms with E-state index in [0.29, 0.717) is 26.4 Å². The van der Waals surface area contributed by atoms with Crippen molar-refractivity contribution in [1.29, 1.82) is 0 Å². The van der Waals surface area contributed by atoms with Crippen molar-refractivity contribution in [3.63, 3.8) is 0 Å². The fraction of sp³-hybridized carbons (Fsp3) is 0.727. The van der Waals surface area contributed by atoms with Crippen LogP contribution in [0.25, 0.3) is 0 Å². The van der Waals surface area contributed by atoms with E-state index in [1.807, 2.05) is 6.07 Å². The first-order valence-corrected chi connectivity index (χ1v) is 10.4. The van der Waals surface area contributed by atoms with Gasteiger partial charge in [-0.1, -0.05) is 76.8 Å². The zero-order valence-corrected chi connectivity index (χ0v) is 16.3. The van der Waals surface area contributed by atoms with Crippen molar-refractivity contribution in [2.75, 3.05) is 26.4 Å². The number of unbranched alkanes of at least 4 members (excludes halogenated alkanes) is 9. The summed E-state index contributed by atoms with van der Waals surface area (Å²) in [6.45, 7) is 4.62. The third kappa shape index (κ3) is 12.9. The molecule has 1 aromatic carbocycles. The Bertz CT molecular complexity index is 409. The van der Waals surface area contributed by atoms with E-state index in [1.54, 1.807) is 0 Å². The second-order valence-electron chi connectivity index (χ2n) is 6.83. The smallest absolute Gasteiger partial charge is 0.119 e. The summed E-state index contributed by atoms with van der Waals surface area (Å²) in [5.41, 5.74) is 6.76. The Hall–Kier alpha value is -1.06. The Kier molecular flexibility index (Phi) is 14.4. The lowest BCUT2D eigenvalue weighted by Gasteiger charge is -2.08. The molecule has 2 N–H and O–H groups in total. The van der Waals surface area contributed by atoms with Gasteiger partial charge in [0.1, 0.15) is 12.4 Å². The van der Waals surface area contributed by atoms with Crippen molar-refractivity contribution in [1.82, 2.24) is 0 Å². The first-order chi connectivity index (χ1) is 12.4. The topological polar surface area (TPSA) is 44.5 Å². The lowest BCUT2D eigenvalue weighted by atomic mass is 10.0. The highest BCUT2D eigenvalue weighted by atomic mass is 16.5. The number of benzene rings is 1. The molecule has 0 saturated heterocycles. The lowest BCUT2D eigenvalue weighted by Crippen LogP contribution is -2.13. The van der Waals surface area contributed by atoms with Crippen LogP contribution in [0.5, 0.6) is 5.75 Å². The molecular formula is C22H39NO2. The summed E-state index contributed by atoms with van der Waals surface area (Å²) in [4.78, 5) is 0. The first-order valence-electron chi connectivity index (χ1n) is 10.4. The fourth-order valence-electron chi connectivity index (χ4n) is 3.01. The van der Waals surface area contributed by atoms with E-state index in [0.717, 1.165) is 12.2 Å². The van der Waals surface area contributed by atoms with Crippen LogP contribution in [-0.2, 0) is 11.2 Å². The largest absolute Gasteiger partial charge is 0.491 e. The number of rotatable bonds is 17. The Morgan fingerprint density at radius 3 is 2.16 bits per heavy atom. The molecule has 0 heterocycles. The Morgan fingerprint density at radius 1 is 0.800 bits per heavy atom. The lowest BCUT2D eigenvalue weighted by molar-refractivity contribution is 0.106. The second-order valence-corrected chi connectivity index (χ2v) is 6.83. The van der Waals surface area contributed by atoms with Gasteiger partial charge in [0, 0.05) is 6.54 Å². The number of aryl methyl sites for hydroxylation is 1. The quantitative estimate of drug-likeness (QED) is 0.377. The average molecular weight is 350 g/mol. The molecule has 0 aliphatic heterocycles. The maximum absolute atomic E-state index is 5.73. The molecule has 25 heavy (non-hydrogen) atoms. The number of hydrogen-bond donors (Lipinski definition) is 1. The molecule has 0 amide bonds. The van der Waals surface area contributed by atoms with Gasteiger partial charge >= 0.3 is 0 Å². The van der Waals surface area contributed by atoms with E-state index in [9.17, 15) is 0 Å². The minimum absolute atomic E-state index is 0.564. The first kappa shape index (κ1) is 22.0. The molecule has 3 nitrogen and oxygen atoms in total. The molecule has 1 rings (SSSR count). The maximum Gasteiger partial charge on any atom is 0.119 e. The van der Waals surface area contributed by atoms with E-state index in [2.05, 4.69) is 25.1 Å². The molecule has 0 unspecified atom stereocenters. The predicted octanol–water partition coefficient (Wildman–Crippen LogP) is 5.50. The normalized spacial score (nSPS) is 11.0. The van der Waals surface area contributed by atoms with Crippen LogP contribution in [0.3, 0.4) is 0 Å². The summed E-state index contributed by atoms with van der Waals surface area (Å²) in [5.74, 6) is 0.945. The molecule has 0 aliphatic rings. The van der Waals surface area contributed by atoms with Crippen molar-refractivity contribution in [3.05, 3.63) is 29.8 Å². The summed E-state index contributed by atoms with van der Waals surface area (Å²) in [6.07, 6.45) is 15.0. The minimum Gasteiger partial charge on any atom is -0.491 e. The van der Waals surface area contributed by atoms with Gasteiger partial charge in [-0.2, -0.15) is 0 Å². The van der Waals surface area contributed by atoms with Crippen LogP contribution in [0.2, 0.25) is 0 Å². The Balaban J connectivity index is 2.02. The van der Waals surface area contributed by atoms with Gasteiger partial charge in [0.25, 0.3) is 0 Å². The van der Waals surface area contributed by atoms with E-state index < -0.39 is 0 Å². The highest BCUT2D eigenvalue weighted by Crippen LogP contribution is 2.16. The van der Waals surface area contributed by atoms with Crippen molar-refractivity contribution in [2.24, 2.45) is 5.73 Å². The number of hydrogen-bond acceptors (Lipinski definition) is 3. The molecular weight excluding hydrogens is 310 g/mol. The fourth-order valence-corrected chi connectivity index (χ4v) is 3.01. The zero-order chi connectivity index (χ0) is 18.0. The predicted molar refractivity (Wildman–Crippen MR) is 107 cm³/mol. The summed E-state index contributed by atoms with van der Waals surface area (Å²) < 4.78 is 11.1. The van der Waals surface area contributed by atoms with E-state index >= 15 is 0 Å². The molecule has 0 atom stereocenters. The molecule has 0 saturated carbocycles. The third-order valence-electron chi connectivity index (χ3n) is 4.48. The summed E-state index contributed by atoms with van der Waals surface area (Å²) >= 11 is 0. The van der Waals surface area contributed by atoms with Gasteiger partial charge in [0.05, 0.1) is 13.2 Å². The highest BCUT2D eigenvalue weighted by Gasteiger charge is 1.99. The average Bonchev–Trinajstić information content (AvgIpc) is 2.63. The molecule has 0 aromatic heterocycles. The highest BCUT2D eigenvalue weighted by molar-refractivity contribution is 5.28. The van der Waals surface area contributed by atoms with Crippen molar-refractivity contribution in [2.45, 2.75) is 77.6 Å². The van der Waals surface area contributed by atoms with Gasteiger partial charge in [-0.3, -0.25) is 0 Å². The molecule has 144 valence electrons. The number of ether oxygens (including phenoxy) is 2. The van der Waals surface area contributed by atoms with Crippen LogP contribution in [0, 0.1) is 0 Å². The van der Waals surface area contributed by atoms with Crippen LogP contribution < -0.4 is 10.5 Å². The van der Waals surface area contributed by atoms with Crippen LogP contribution in [0.1, 0.15) is 76.7 Å². The Morgan fingerprint density at radius 2 is 1.48 bits per heavy atom. The third-order valence-corrected chi connectivity index (χ3v) is 4.48. The summed E-state index contributed by atoms with van der Waals surface area (Å²) in [6, 6.07) is 8.47. The number of nitrogens with two attached hydrogens (primary N) is 1. The molecule has 0 bridgehead atoms. The molecule has 3 heteroatoms. The SMILES string of the molecule is CCCCCCCCCCCCc1cccc(OCCOCCN)c1. The summed E-state index contributed by atoms with van der Waals surface area (Å²) in [5, 5.41) is 0. The van der Waals surface area contributed by atoms with E-state index in [4.69, 9.17) is 15.2 Å². The van der Waals surface area contributed by atoms with Crippen molar-refractivity contribution < 1.29 is 9.47 Å². The summed E-state index contributed by atoms with van der Waals surface area (Å²) in [7, 11) is 0. The van der Waals surface area contributed by atoms with Gasteiger partial charge in [0.15, 0.2) is 0 Å². The van der Waals surface area contributed by atoms with Crippen LogP contribution in [0.15, 0.2) is 24.3 Å². The van der Waals surface area contributed by atoms with E-state index in [-0.39, 0.29) is 0 Å². The standard InChI is InChI=1S/C22H39NO2/c1-2-3-4-5-6-7-8-9-10-11-13-21-14-12-15-22(20-21)25-19-18-24-17-16-23/h12,14-15,20H,2-11,13,16-19,23H2,1H3.